The van der Waals surface area contributed by atoms with Gasteiger partial charge in [0.2, 0.25) is 11.8 Å². The van der Waals surface area contributed by atoms with Gasteiger partial charge in [-0.2, -0.15) is 5.10 Å². The largest absolute Gasteiger partial charge is 0.489 e. The third kappa shape index (κ3) is 10.1. The summed E-state index contributed by atoms with van der Waals surface area (Å²) >= 11 is 12.3. The monoisotopic (exact) mass is 873 g/mol. The molecule has 2 aromatic carbocycles. The van der Waals surface area contributed by atoms with Crippen LogP contribution < -0.4 is 21.1 Å². The maximum absolute atomic E-state index is 13.9. The first-order chi connectivity index (χ1) is 29.6. The molecule has 4 aromatic rings. The lowest BCUT2D eigenvalue weighted by molar-refractivity contribution is -0.136. The van der Waals surface area contributed by atoms with Crippen LogP contribution in [0.3, 0.4) is 0 Å². The first kappa shape index (κ1) is 42.9. The summed E-state index contributed by atoms with van der Waals surface area (Å²) in [5.74, 6) is -0.611. The Labute approximate surface area is 366 Å². The van der Waals surface area contributed by atoms with E-state index in [0.29, 0.717) is 53.4 Å². The Morgan fingerprint density at radius 1 is 0.918 bits per heavy atom. The smallest absolute Gasteiger partial charge is 0.255 e. The van der Waals surface area contributed by atoms with Gasteiger partial charge in [-0.05, 0) is 81.1 Å². The maximum atomic E-state index is 13.9. The van der Waals surface area contributed by atoms with Crippen molar-refractivity contribution in [2.45, 2.75) is 95.3 Å². The van der Waals surface area contributed by atoms with Gasteiger partial charge in [-0.3, -0.25) is 29.3 Å². The number of carbonyl (C=O) groups is 3. The van der Waals surface area contributed by atoms with Crippen LogP contribution in [0.1, 0.15) is 91.7 Å². The number of imide groups is 1. The number of likely N-dealkylation sites (tertiary alicyclic amines) is 2. The molecule has 4 aliphatic rings. The third-order valence-corrected chi connectivity index (χ3v) is 13.4. The molecule has 61 heavy (non-hydrogen) atoms. The van der Waals surface area contributed by atoms with Gasteiger partial charge >= 0.3 is 0 Å². The minimum absolute atomic E-state index is 0.000313. The SMILES string of the molecule is Nc1ncc(-c2cnn(C3CCN(CCCCCCCCN4CC(Nc5cccc6c5CN([C@@H]5CCC(=O)NC5=O)C6=O)C4)CC3)c2)cc1OCCc1c(Cl)ccc(F)c1Cl. The molecule has 3 amide bonds. The van der Waals surface area contributed by atoms with Crippen molar-refractivity contribution >= 4 is 52.4 Å². The lowest BCUT2D eigenvalue weighted by atomic mass is 10.0. The minimum Gasteiger partial charge on any atom is -0.489 e. The number of nitrogen functional groups attached to an aromatic ring is 1. The number of amides is 3. The molecule has 0 spiro atoms. The van der Waals surface area contributed by atoms with Crippen LogP contribution in [-0.4, -0.2) is 105 Å². The molecule has 0 bridgehead atoms. The number of benzene rings is 2. The number of rotatable bonds is 18. The number of aromatic nitrogens is 3. The molecule has 1 atom stereocenters. The molecule has 4 N–H and O–H groups in total. The summed E-state index contributed by atoms with van der Waals surface area (Å²) in [7, 11) is 0. The molecule has 2 aromatic heterocycles. The Bertz CT molecular complexity index is 2230. The number of nitrogens with two attached hydrogens (primary N) is 1. The Kier molecular flexibility index (Phi) is 13.7. The van der Waals surface area contributed by atoms with E-state index in [9.17, 15) is 18.8 Å². The molecule has 4 aliphatic heterocycles. The number of pyridine rings is 1. The number of halogens is 3. The zero-order valence-corrected chi connectivity index (χ0v) is 35.9. The van der Waals surface area contributed by atoms with Crippen LogP contribution in [0.25, 0.3) is 11.1 Å². The Morgan fingerprint density at radius 2 is 1.67 bits per heavy atom. The number of piperidine rings is 2. The predicted octanol–water partition coefficient (Wildman–Crippen LogP) is 7.13. The summed E-state index contributed by atoms with van der Waals surface area (Å²) in [5, 5.41) is 11.1. The first-order valence-corrected chi connectivity index (χ1v) is 22.4. The van der Waals surface area contributed by atoms with Crippen molar-refractivity contribution in [1.82, 2.24) is 34.8 Å². The van der Waals surface area contributed by atoms with Crippen LogP contribution in [-0.2, 0) is 22.6 Å². The number of hydrogen-bond donors (Lipinski definition) is 3. The normalized spacial score (nSPS) is 19.0. The van der Waals surface area contributed by atoms with E-state index in [1.54, 1.807) is 11.1 Å². The summed E-state index contributed by atoms with van der Waals surface area (Å²) in [6, 6.07) is 10.4. The summed E-state index contributed by atoms with van der Waals surface area (Å²) < 4.78 is 21.9. The quantitative estimate of drug-likeness (QED) is 0.0536. The average Bonchev–Trinajstić information content (AvgIpc) is 3.87. The predicted molar refractivity (Wildman–Crippen MR) is 234 cm³/mol. The fourth-order valence-electron chi connectivity index (χ4n) is 9.05. The second kappa shape index (κ2) is 19.5. The van der Waals surface area contributed by atoms with Gasteiger partial charge in [0.25, 0.3) is 5.91 Å². The van der Waals surface area contributed by atoms with E-state index >= 15 is 0 Å². The molecule has 13 nitrogen and oxygen atoms in total. The van der Waals surface area contributed by atoms with Gasteiger partial charge in [0, 0.05) is 90.9 Å². The second-order valence-corrected chi connectivity index (χ2v) is 17.5. The van der Waals surface area contributed by atoms with Crippen molar-refractivity contribution in [1.29, 1.82) is 0 Å². The number of unbranched alkanes of at least 4 members (excludes halogenated alkanes) is 5. The van der Waals surface area contributed by atoms with Crippen molar-refractivity contribution in [3.8, 4) is 16.9 Å². The van der Waals surface area contributed by atoms with Gasteiger partial charge in [-0.25, -0.2) is 9.37 Å². The van der Waals surface area contributed by atoms with Gasteiger partial charge in [0.15, 0.2) is 11.6 Å². The lowest BCUT2D eigenvalue weighted by Gasteiger charge is -2.40. The zero-order valence-electron chi connectivity index (χ0n) is 34.4. The number of hydrogen-bond acceptors (Lipinski definition) is 10. The topological polar surface area (TPSA) is 151 Å². The van der Waals surface area contributed by atoms with E-state index in [1.165, 1.54) is 50.7 Å². The molecule has 0 unspecified atom stereocenters. The van der Waals surface area contributed by atoms with Crippen molar-refractivity contribution in [3.63, 3.8) is 0 Å². The second-order valence-electron chi connectivity index (χ2n) is 16.8. The lowest BCUT2D eigenvalue weighted by Crippen LogP contribution is -2.54. The minimum atomic E-state index is -0.603. The highest BCUT2D eigenvalue weighted by molar-refractivity contribution is 6.36. The zero-order chi connectivity index (χ0) is 42.5. The highest BCUT2D eigenvalue weighted by Gasteiger charge is 2.40. The van der Waals surface area contributed by atoms with Crippen LogP contribution >= 0.6 is 23.2 Å². The van der Waals surface area contributed by atoms with E-state index < -0.39 is 11.9 Å². The van der Waals surface area contributed by atoms with E-state index in [2.05, 4.69) is 36.3 Å². The van der Waals surface area contributed by atoms with Gasteiger partial charge in [-0.1, -0.05) is 55.0 Å². The van der Waals surface area contributed by atoms with Crippen LogP contribution in [0.2, 0.25) is 10.0 Å². The Morgan fingerprint density at radius 3 is 2.44 bits per heavy atom. The Hall–Kier alpha value is -4.76. The number of anilines is 2. The summed E-state index contributed by atoms with van der Waals surface area (Å²) in [6.07, 6.45) is 16.2. The van der Waals surface area contributed by atoms with Crippen molar-refractivity contribution < 1.29 is 23.5 Å². The van der Waals surface area contributed by atoms with E-state index in [0.717, 1.165) is 74.5 Å². The van der Waals surface area contributed by atoms with E-state index in [-0.39, 0.29) is 41.6 Å². The van der Waals surface area contributed by atoms with Gasteiger partial charge in [-0.15, -0.1) is 0 Å². The number of ether oxygens (including phenoxy) is 1. The number of nitrogens with one attached hydrogen (secondary N) is 2. The Balaban J connectivity index is 0.676. The van der Waals surface area contributed by atoms with Crippen LogP contribution in [0, 0.1) is 5.82 Å². The molecule has 6 heterocycles. The standard InChI is InChI=1S/C45H54Cl2FN9O4/c46-36-10-11-37(48)42(47)34(36)16-21-61-40-22-29(23-50-43(40)49)30-24-51-57(25-30)32-14-19-54(20-15-32)17-5-3-1-2-4-6-18-55-26-31(27-55)52-38-9-7-8-33-35(38)28-56(45(33)60)39-12-13-41(58)53-44(39)59/h7-11,22-25,31-32,39,52H,1-6,12-21,26-28H2,(H2,49,50)(H,53,58,59)/t39-/m1/s1. The van der Waals surface area contributed by atoms with Crippen molar-refractivity contribution in [2.75, 3.05) is 56.9 Å². The maximum Gasteiger partial charge on any atom is 0.255 e. The third-order valence-electron chi connectivity index (χ3n) is 12.6. The summed E-state index contributed by atoms with van der Waals surface area (Å²) in [5.41, 5.74) is 11.0. The van der Waals surface area contributed by atoms with Gasteiger partial charge < -0.3 is 25.6 Å². The fourth-order valence-corrected chi connectivity index (χ4v) is 9.61. The molecule has 0 aliphatic carbocycles. The van der Waals surface area contributed by atoms with E-state index in [1.807, 2.05) is 30.5 Å². The molecule has 16 heteroatoms. The molecule has 3 fully saturated rings. The summed E-state index contributed by atoms with van der Waals surface area (Å²) in [4.78, 5) is 48.3. The number of nitrogens with zero attached hydrogens (tertiary/aromatic N) is 6. The highest BCUT2D eigenvalue weighted by atomic mass is 35.5. The van der Waals surface area contributed by atoms with Gasteiger partial charge in [0.1, 0.15) is 11.9 Å². The molecular formula is C45H54Cl2FN9O4. The molecule has 324 valence electrons. The number of carbonyl (C=O) groups excluding carboxylic acids is 3. The summed E-state index contributed by atoms with van der Waals surface area (Å²) in [6.45, 7) is 6.95. The molecule has 0 radical (unpaired) electrons. The molecule has 0 saturated carbocycles. The number of fused-ring (bicyclic) bond motifs is 1. The molecule has 8 rings (SSSR count). The highest BCUT2D eigenvalue weighted by Crippen LogP contribution is 2.34. The first-order valence-electron chi connectivity index (χ1n) is 21.6. The molecule has 3 saturated heterocycles. The molecular weight excluding hydrogens is 820 g/mol. The average molecular weight is 875 g/mol. The van der Waals surface area contributed by atoms with Gasteiger partial charge in [0.05, 0.1) is 29.9 Å². The van der Waals surface area contributed by atoms with Crippen LogP contribution in [0.4, 0.5) is 15.9 Å². The van der Waals surface area contributed by atoms with Crippen LogP contribution in [0.15, 0.2) is 55.0 Å². The fraction of sp³-hybridized carbons (Fsp3) is 0.489. The van der Waals surface area contributed by atoms with Crippen molar-refractivity contribution in [3.05, 3.63) is 87.5 Å². The van der Waals surface area contributed by atoms with Crippen LogP contribution in [0.5, 0.6) is 5.75 Å². The van der Waals surface area contributed by atoms with Crippen molar-refractivity contribution in [2.24, 2.45) is 0 Å². The van der Waals surface area contributed by atoms with E-state index in [4.69, 9.17) is 38.8 Å².